The van der Waals surface area contributed by atoms with Crippen molar-refractivity contribution >= 4 is 43.1 Å². The summed E-state index contributed by atoms with van der Waals surface area (Å²) in [6, 6.07) is 14.7. The molecule has 8 heteroatoms. The average Bonchev–Trinajstić information content (AvgIpc) is 3.27. The number of aryl methyl sites for hydroxylation is 2. The molecule has 0 aliphatic heterocycles. The van der Waals surface area contributed by atoms with Gasteiger partial charge in [-0.1, -0.05) is 42.5 Å². The van der Waals surface area contributed by atoms with Gasteiger partial charge in [0.1, 0.15) is 6.54 Å². The molecule has 0 saturated heterocycles. The van der Waals surface area contributed by atoms with E-state index in [1.165, 1.54) is 11.3 Å². The van der Waals surface area contributed by atoms with Gasteiger partial charge in [0.05, 0.1) is 16.3 Å². The zero-order valence-corrected chi connectivity index (χ0v) is 18.3. The van der Waals surface area contributed by atoms with Crippen molar-refractivity contribution < 1.29 is 13.2 Å². The lowest BCUT2D eigenvalue weighted by Crippen LogP contribution is -2.18. The number of anilines is 1. The van der Waals surface area contributed by atoms with Gasteiger partial charge in [-0.2, -0.15) is 0 Å². The van der Waals surface area contributed by atoms with Crippen molar-refractivity contribution in [2.24, 2.45) is 0 Å². The number of nitrogens with zero attached hydrogens (tertiary/aromatic N) is 2. The zero-order valence-electron chi connectivity index (χ0n) is 16.6. The third-order valence-corrected chi connectivity index (χ3v) is 7.44. The van der Waals surface area contributed by atoms with Gasteiger partial charge in [-0.3, -0.25) is 4.79 Å². The van der Waals surface area contributed by atoms with E-state index in [4.69, 9.17) is 0 Å². The maximum absolute atomic E-state index is 13.2. The van der Waals surface area contributed by atoms with Gasteiger partial charge in [-0.15, -0.1) is 11.3 Å². The minimum Gasteiger partial charge on any atom is -0.337 e. The topological polar surface area (TPSA) is 81.1 Å². The van der Waals surface area contributed by atoms with Crippen LogP contribution in [0.1, 0.15) is 16.8 Å². The largest absolute Gasteiger partial charge is 0.337 e. The van der Waals surface area contributed by atoms with E-state index < -0.39 is 9.84 Å². The van der Waals surface area contributed by atoms with Crippen LogP contribution < -0.4 is 5.32 Å². The molecule has 4 aromatic rings. The fourth-order valence-corrected chi connectivity index (χ4v) is 5.76. The number of aromatic nitrogens is 2. The van der Waals surface area contributed by atoms with Crippen LogP contribution in [0.25, 0.3) is 10.9 Å². The summed E-state index contributed by atoms with van der Waals surface area (Å²) in [5, 5.41) is 5.77. The standard InChI is InChI=1S/C22H21N3O3S2/c1-15-7-3-4-8-17(15)14-30(27,28)20-11-25(19-10-6-5-9-18(19)20)12-21(26)24-22-23-16(2)13-29-22/h3-11,13H,12,14H2,1-2H3,(H,23,24,26). The summed E-state index contributed by atoms with van der Waals surface area (Å²) in [7, 11) is -3.60. The number of fused-ring (bicyclic) bond motifs is 1. The van der Waals surface area contributed by atoms with Crippen LogP contribution in [0.15, 0.2) is 65.0 Å². The van der Waals surface area contributed by atoms with E-state index in [2.05, 4.69) is 10.3 Å². The number of carbonyl (C=O) groups excluding carboxylic acids is 1. The summed E-state index contributed by atoms with van der Waals surface area (Å²) < 4.78 is 28.2. The van der Waals surface area contributed by atoms with Crippen molar-refractivity contribution in [3.63, 3.8) is 0 Å². The molecule has 2 aromatic carbocycles. The second-order valence-corrected chi connectivity index (χ2v) is 9.98. The lowest BCUT2D eigenvalue weighted by atomic mass is 10.1. The fraction of sp³-hybridized carbons (Fsp3) is 0.182. The normalized spacial score (nSPS) is 11.7. The molecular weight excluding hydrogens is 418 g/mol. The van der Waals surface area contributed by atoms with E-state index in [0.717, 1.165) is 16.8 Å². The Hall–Kier alpha value is -2.97. The van der Waals surface area contributed by atoms with Crippen molar-refractivity contribution in [1.82, 2.24) is 9.55 Å². The number of hydrogen-bond donors (Lipinski definition) is 1. The molecule has 2 heterocycles. The summed E-state index contributed by atoms with van der Waals surface area (Å²) in [6.45, 7) is 3.76. The first-order valence-corrected chi connectivity index (χ1v) is 11.9. The SMILES string of the molecule is Cc1csc(NC(=O)Cn2cc(S(=O)(=O)Cc3ccccc3C)c3ccccc32)n1. The number of nitrogens with one attached hydrogen (secondary N) is 1. The van der Waals surface area contributed by atoms with E-state index in [1.807, 2.05) is 55.6 Å². The molecule has 0 aliphatic carbocycles. The van der Waals surface area contributed by atoms with Crippen LogP contribution in [-0.2, 0) is 26.9 Å². The molecule has 0 atom stereocenters. The molecule has 0 spiro atoms. The fourth-order valence-electron chi connectivity index (χ4n) is 3.37. The number of rotatable bonds is 6. The van der Waals surface area contributed by atoms with Gasteiger partial charge in [0.2, 0.25) is 5.91 Å². The number of benzene rings is 2. The first kappa shape index (κ1) is 20.3. The maximum atomic E-state index is 13.2. The van der Waals surface area contributed by atoms with Gasteiger partial charge in [0.15, 0.2) is 15.0 Å². The van der Waals surface area contributed by atoms with Gasteiger partial charge in [-0.05, 0) is 31.0 Å². The first-order valence-electron chi connectivity index (χ1n) is 9.40. The first-order chi connectivity index (χ1) is 14.3. The second kappa shape index (κ2) is 8.04. The molecule has 0 saturated carbocycles. The van der Waals surface area contributed by atoms with Crippen molar-refractivity contribution in [2.45, 2.75) is 31.0 Å². The molecule has 0 aliphatic rings. The molecule has 1 amide bonds. The monoisotopic (exact) mass is 439 g/mol. The van der Waals surface area contributed by atoms with Gasteiger partial charge in [0.25, 0.3) is 0 Å². The highest BCUT2D eigenvalue weighted by molar-refractivity contribution is 7.90. The maximum Gasteiger partial charge on any atom is 0.246 e. The van der Waals surface area contributed by atoms with Crippen molar-refractivity contribution in [1.29, 1.82) is 0 Å². The summed E-state index contributed by atoms with van der Waals surface area (Å²) in [6.07, 6.45) is 1.56. The number of amides is 1. The highest BCUT2D eigenvalue weighted by Crippen LogP contribution is 2.29. The second-order valence-electron chi connectivity index (χ2n) is 7.17. The number of thiazole rings is 1. The van der Waals surface area contributed by atoms with Crippen LogP contribution in [0, 0.1) is 13.8 Å². The molecule has 1 N–H and O–H groups in total. The number of carbonyl (C=O) groups is 1. The summed E-state index contributed by atoms with van der Waals surface area (Å²) in [5.41, 5.74) is 3.24. The third-order valence-electron chi connectivity index (χ3n) is 4.87. The van der Waals surface area contributed by atoms with Crippen molar-refractivity contribution in [3.05, 3.63) is 76.9 Å². The Morgan fingerprint density at radius 2 is 1.83 bits per heavy atom. The molecule has 154 valence electrons. The molecular formula is C22H21N3O3S2. The molecule has 0 radical (unpaired) electrons. The quantitative estimate of drug-likeness (QED) is 0.485. The highest BCUT2D eigenvalue weighted by atomic mass is 32.2. The predicted octanol–water partition coefficient (Wildman–Crippen LogP) is 4.33. The zero-order chi connectivity index (χ0) is 21.3. The molecule has 0 fully saturated rings. The Kier molecular flexibility index (Phi) is 5.44. The van der Waals surface area contributed by atoms with E-state index >= 15 is 0 Å². The van der Waals surface area contributed by atoms with Crippen LogP contribution in [-0.4, -0.2) is 23.9 Å². The van der Waals surface area contributed by atoms with Crippen LogP contribution >= 0.6 is 11.3 Å². The Balaban J connectivity index is 1.66. The summed E-state index contributed by atoms with van der Waals surface area (Å²) in [4.78, 5) is 17.0. The molecule has 30 heavy (non-hydrogen) atoms. The number of sulfone groups is 1. The van der Waals surface area contributed by atoms with E-state index in [0.29, 0.717) is 16.0 Å². The van der Waals surface area contributed by atoms with Gasteiger partial charge >= 0.3 is 0 Å². The Labute approximate surface area is 179 Å². The Morgan fingerprint density at radius 3 is 2.57 bits per heavy atom. The van der Waals surface area contributed by atoms with E-state index in [-0.39, 0.29) is 23.1 Å². The summed E-state index contributed by atoms with van der Waals surface area (Å²) in [5.74, 6) is -0.342. The minimum absolute atomic E-state index is 0.000967. The Bertz CT molecular complexity index is 1340. The van der Waals surface area contributed by atoms with Crippen LogP contribution in [0.4, 0.5) is 5.13 Å². The molecule has 6 nitrogen and oxygen atoms in total. The number of para-hydroxylation sites is 1. The Morgan fingerprint density at radius 1 is 1.10 bits per heavy atom. The van der Waals surface area contributed by atoms with E-state index in [1.54, 1.807) is 22.9 Å². The molecule has 4 rings (SSSR count). The van der Waals surface area contributed by atoms with Crippen LogP contribution in [0.3, 0.4) is 0 Å². The van der Waals surface area contributed by atoms with Crippen molar-refractivity contribution in [3.8, 4) is 0 Å². The summed E-state index contributed by atoms with van der Waals surface area (Å²) >= 11 is 1.36. The minimum atomic E-state index is -3.60. The molecule has 2 aromatic heterocycles. The van der Waals surface area contributed by atoms with Gasteiger partial charge in [0, 0.05) is 22.5 Å². The van der Waals surface area contributed by atoms with Gasteiger partial charge in [-0.25, -0.2) is 13.4 Å². The number of hydrogen-bond acceptors (Lipinski definition) is 5. The van der Waals surface area contributed by atoms with Crippen LogP contribution in [0.2, 0.25) is 0 Å². The smallest absolute Gasteiger partial charge is 0.246 e. The van der Waals surface area contributed by atoms with Crippen molar-refractivity contribution in [2.75, 3.05) is 5.32 Å². The predicted molar refractivity (Wildman–Crippen MR) is 119 cm³/mol. The third kappa shape index (κ3) is 4.15. The van der Waals surface area contributed by atoms with Crippen LogP contribution in [0.5, 0.6) is 0 Å². The van der Waals surface area contributed by atoms with E-state index in [9.17, 15) is 13.2 Å². The average molecular weight is 440 g/mol. The van der Waals surface area contributed by atoms with Gasteiger partial charge < -0.3 is 9.88 Å². The molecule has 0 bridgehead atoms. The lowest BCUT2D eigenvalue weighted by molar-refractivity contribution is -0.116. The lowest BCUT2D eigenvalue weighted by Gasteiger charge is -2.06. The molecule has 0 unspecified atom stereocenters. The highest BCUT2D eigenvalue weighted by Gasteiger charge is 2.23.